The molecule has 1 aliphatic heterocycles. The van der Waals surface area contributed by atoms with Gasteiger partial charge in [0.15, 0.2) is 0 Å². The second-order valence-corrected chi connectivity index (χ2v) is 6.91. The third-order valence-corrected chi connectivity index (χ3v) is 5.19. The minimum absolute atomic E-state index is 0.0590. The molecule has 2 N–H and O–H groups in total. The third kappa shape index (κ3) is 4.95. The van der Waals surface area contributed by atoms with Gasteiger partial charge in [0, 0.05) is 36.7 Å². The van der Waals surface area contributed by atoms with Crippen molar-refractivity contribution < 1.29 is 18.0 Å². The first-order chi connectivity index (χ1) is 9.91. The average Bonchev–Trinajstić information content (AvgIpc) is 2.93. The second kappa shape index (κ2) is 7.09. The summed E-state index contributed by atoms with van der Waals surface area (Å²) in [5.41, 5.74) is -0.0590. The number of alkyl halides is 3. The highest BCUT2D eigenvalue weighted by molar-refractivity contribution is 7.99. The quantitative estimate of drug-likeness (QED) is 0.833. The fraction of sp³-hybridized carbons (Fsp3) is 0.923. The monoisotopic (exact) mass is 325 g/mol. The van der Waals surface area contributed by atoms with E-state index in [-0.39, 0.29) is 5.54 Å². The topological polar surface area (TPSA) is 44.4 Å². The summed E-state index contributed by atoms with van der Waals surface area (Å²) in [5.74, 6) is 2.17. The number of rotatable bonds is 4. The Hall–Kier alpha value is -0.630. The van der Waals surface area contributed by atoms with Crippen molar-refractivity contribution in [2.45, 2.75) is 37.4 Å². The third-order valence-electron chi connectivity index (χ3n) is 4.24. The lowest BCUT2D eigenvalue weighted by Gasteiger charge is -2.43. The van der Waals surface area contributed by atoms with Crippen LogP contribution in [0.5, 0.6) is 0 Å². The molecule has 2 rings (SSSR count). The SMILES string of the molecule is O=C(NCC(F)(F)F)NCC1(N2CCSCC2)CCCC1. The van der Waals surface area contributed by atoms with E-state index in [2.05, 4.69) is 10.2 Å². The van der Waals surface area contributed by atoms with Gasteiger partial charge < -0.3 is 10.6 Å². The Morgan fingerprint density at radius 2 is 1.76 bits per heavy atom. The Bertz CT molecular complexity index is 353. The molecule has 1 heterocycles. The zero-order valence-electron chi connectivity index (χ0n) is 12.0. The molecule has 4 nitrogen and oxygen atoms in total. The lowest BCUT2D eigenvalue weighted by atomic mass is 9.94. The van der Waals surface area contributed by atoms with Crippen LogP contribution in [-0.4, -0.2) is 60.3 Å². The molecule has 1 aliphatic carbocycles. The van der Waals surface area contributed by atoms with Crippen molar-refractivity contribution >= 4 is 17.8 Å². The average molecular weight is 325 g/mol. The van der Waals surface area contributed by atoms with Gasteiger partial charge in [-0.1, -0.05) is 12.8 Å². The second-order valence-electron chi connectivity index (χ2n) is 5.68. The first-order valence-corrected chi connectivity index (χ1v) is 8.48. The van der Waals surface area contributed by atoms with Crippen LogP contribution in [0.2, 0.25) is 0 Å². The highest BCUT2D eigenvalue weighted by atomic mass is 32.2. The number of carbonyl (C=O) groups excluding carboxylic acids is 1. The van der Waals surface area contributed by atoms with Gasteiger partial charge in [0.05, 0.1) is 0 Å². The van der Waals surface area contributed by atoms with E-state index >= 15 is 0 Å². The van der Waals surface area contributed by atoms with Crippen LogP contribution in [0.4, 0.5) is 18.0 Å². The van der Waals surface area contributed by atoms with Gasteiger partial charge in [-0.15, -0.1) is 0 Å². The fourth-order valence-corrected chi connectivity index (χ4v) is 4.07. The van der Waals surface area contributed by atoms with Gasteiger partial charge in [-0.2, -0.15) is 24.9 Å². The number of amides is 2. The van der Waals surface area contributed by atoms with E-state index in [0.717, 1.165) is 50.3 Å². The maximum Gasteiger partial charge on any atom is 0.405 e. The summed E-state index contributed by atoms with van der Waals surface area (Å²) in [6.45, 7) is 1.14. The molecule has 21 heavy (non-hydrogen) atoms. The highest BCUT2D eigenvalue weighted by Crippen LogP contribution is 2.36. The van der Waals surface area contributed by atoms with Crippen LogP contribution in [0.25, 0.3) is 0 Å². The largest absolute Gasteiger partial charge is 0.405 e. The van der Waals surface area contributed by atoms with Crippen LogP contribution in [0.15, 0.2) is 0 Å². The molecule has 8 heteroatoms. The number of hydrogen-bond acceptors (Lipinski definition) is 3. The molecule has 2 aliphatic rings. The van der Waals surface area contributed by atoms with Gasteiger partial charge >= 0.3 is 12.2 Å². The number of nitrogens with one attached hydrogen (secondary N) is 2. The first-order valence-electron chi connectivity index (χ1n) is 7.33. The molecule has 0 aromatic heterocycles. The zero-order valence-corrected chi connectivity index (χ0v) is 12.8. The Balaban J connectivity index is 1.84. The lowest BCUT2D eigenvalue weighted by Crippen LogP contribution is -2.57. The summed E-state index contributed by atoms with van der Waals surface area (Å²) >= 11 is 1.93. The van der Waals surface area contributed by atoms with E-state index in [1.54, 1.807) is 0 Å². The molecular formula is C13H22F3N3OS. The van der Waals surface area contributed by atoms with E-state index in [4.69, 9.17) is 0 Å². The van der Waals surface area contributed by atoms with Gasteiger partial charge in [0.2, 0.25) is 0 Å². The number of hydrogen-bond donors (Lipinski definition) is 2. The molecule has 0 radical (unpaired) electrons. The Labute approximate surface area is 127 Å². The molecule has 122 valence electrons. The van der Waals surface area contributed by atoms with Gasteiger partial charge in [-0.25, -0.2) is 4.79 Å². The van der Waals surface area contributed by atoms with Crippen molar-refractivity contribution in [1.29, 1.82) is 0 Å². The fourth-order valence-electron chi connectivity index (χ4n) is 3.16. The summed E-state index contributed by atoms with van der Waals surface area (Å²) < 4.78 is 36.2. The summed E-state index contributed by atoms with van der Waals surface area (Å²) in [5, 5.41) is 4.51. The van der Waals surface area contributed by atoms with Crippen molar-refractivity contribution in [3.63, 3.8) is 0 Å². The standard InChI is InChI=1S/C13H22F3N3OS/c14-13(15,16)10-18-11(20)17-9-12(3-1-2-4-12)19-5-7-21-8-6-19/h1-10H2,(H2,17,18,20). The minimum atomic E-state index is -4.37. The van der Waals surface area contributed by atoms with Crippen LogP contribution < -0.4 is 10.6 Å². The van der Waals surface area contributed by atoms with Crippen molar-refractivity contribution in [3.05, 3.63) is 0 Å². The summed E-state index contributed by atoms with van der Waals surface area (Å²) in [6.07, 6.45) is -0.105. The molecule has 0 spiro atoms. The maximum absolute atomic E-state index is 12.1. The number of nitrogens with zero attached hydrogens (tertiary/aromatic N) is 1. The van der Waals surface area contributed by atoms with Crippen LogP contribution in [0.3, 0.4) is 0 Å². The van der Waals surface area contributed by atoms with Crippen molar-refractivity contribution in [1.82, 2.24) is 15.5 Å². The molecule has 2 fully saturated rings. The first kappa shape index (κ1) is 16.7. The van der Waals surface area contributed by atoms with Crippen molar-refractivity contribution in [2.75, 3.05) is 37.7 Å². The Kier molecular flexibility index (Phi) is 5.65. The number of urea groups is 1. The Morgan fingerprint density at radius 1 is 1.14 bits per heavy atom. The molecule has 0 bridgehead atoms. The maximum atomic E-state index is 12.1. The summed E-state index contributed by atoms with van der Waals surface area (Å²) in [6, 6.07) is -0.731. The van der Waals surface area contributed by atoms with Crippen LogP contribution in [-0.2, 0) is 0 Å². The van der Waals surface area contributed by atoms with E-state index < -0.39 is 18.8 Å². The zero-order chi connectivity index (χ0) is 15.3. The van der Waals surface area contributed by atoms with Gasteiger partial charge in [-0.05, 0) is 12.8 Å². The van der Waals surface area contributed by atoms with Gasteiger partial charge in [-0.3, -0.25) is 4.90 Å². The predicted octanol–water partition coefficient (Wildman–Crippen LogP) is 2.21. The minimum Gasteiger partial charge on any atom is -0.336 e. The normalized spacial score (nSPS) is 23.0. The molecule has 0 aromatic rings. The van der Waals surface area contributed by atoms with Gasteiger partial charge in [0.1, 0.15) is 6.54 Å². The smallest absolute Gasteiger partial charge is 0.336 e. The van der Waals surface area contributed by atoms with Crippen LogP contribution in [0, 0.1) is 0 Å². The van der Waals surface area contributed by atoms with E-state index in [9.17, 15) is 18.0 Å². The molecule has 1 saturated heterocycles. The molecular weight excluding hydrogens is 303 g/mol. The van der Waals surface area contributed by atoms with Crippen molar-refractivity contribution in [3.8, 4) is 0 Å². The highest BCUT2D eigenvalue weighted by Gasteiger charge is 2.40. The van der Waals surface area contributed by atoms with Gasteiger partial charge in [0.25, 0.3) is 0 Å². The van der Waals surface area contributed by atoms with E-state index in [1.807, 2.05) is 17.1 Å². The predicted molar refractivity (Wildman–Crippen MR) is 77.6 cm³/mol. The Morgan fingerprint density at radius 3 is 2.33 bits per heavy atom. The van der Waals surface area contributed by atoms with Crippen LogP contribution in [0.1, 0.15) is 25.7 Å². The molecule has 2 amide bonds. The van der Waals surface area contributed by atoms with Crippen molar-refractivity contribution in [2.24, 2.45) is 0 Å². The summed E-state index contributed by atoms with van der Waals surface area (Å²) in [7, 11) is 0. The van der Waals surface area contributed by atoms with E-state index in [0.29, 0.717) is 6.54 Å². The molecule has 0 atom stereocenters. The van der Waals surface area contributed by atoms with Crippen LogP contribution >= 0.6 is 11.8 Å². The number of halogens is 3. The molecule has 1 saturated carbocycles. The summed E-state index contributed by atoms with van der Waals surface area (Å²) in [4.78, 5) is 13.9. The number of carbonyl (C=O) groups is 1. The molecule has 0 aromatic carbocycles. The molecule has 0 unspecified atom stereocenters. The van der Waals surface area contributed by atoms with E-state index in [1.165, 1.54) is 0 Å². The number of thioether (sulfide) groups is 1. The lowest BCUT2D eigenvalue weighted by molar-refractivity contribution is -0.122.